The molecule has 5 nitrogen and oxygen atoms in total. The summed E-state index contributed by atoms with van der Waals surface area (Å²) in [6, 6.07) is 8.95. The standard InChI is InChI=1S/C20H24ClNO4/c1-12-9-13(2)20(16(21)10-12)22-19(24)8-7-17(23)15-6-5-14(25-3)11-18(15)26-4/h5-6,9-11,17,23H,7-8H2,1-4H3,(H,22,24). The summed E-state index contributed by atoms with van der Waals surface area (Å²) >= 11 is 6.21. The highest BCUT2D eigenvalue weighted by Gasteiger charge is 2.17. The van der Waals surface area contributed by atoms with E-state index in [1.807, 2.05) is 19.9 Å². The first-order valence-electron chi connectivity index (χ1n) is 8.32. The zero-order valence-corrected chi connectivity index (χ0v) is 16.2. The van der Waals surface area contributed by atoms with Crippen LogP contribution in [0.5, 0.6) is 11.5 Å². The molecule has 0 fully saturated rings. The molecule has 0 saturated heterocycles. The summed E-state index contributed by atoms with van der Waals surface area (Å²) in [5, 5.41) is 13.8. The van der Waals surface area contributed by atoms with Gasteiger partial charge in [-0.1, -0.05) is 17.7 Å². The Balaban J connectivity index is 2.01. The molecular formula is C20H24ClNO4. The molecule has 0 radical (unpaired) electrons. The monoisotopic (exact) mass is 377 g/mol. The van der Waals surface area contributed by atoms with E-state index < -0.39 is 6.10 Å². The number of aryl methyl sites for hydroxylation is 2. The number of ether oxygens (including phenoxy) is 2. The lowest BCUT2D eigenvalue weighted by Crippen LogP contribution is -2.14. The lowest BCUT2D eigenvalue weighted by Gasteiger charge is -2.16. The normalized spacial score (nSPS) is 11.8. The van der Waals surface area contributed by atoms with Crippen molar-refractivity contribution in [2.45, 2.75) is 32.8 Å². The molecule has 0 aliphatic heterocycles. The van der Waals surface area contributed by atoms with Crippen LogP contribution >= 0.6 is 11.6 Å². The summed E-state index contributed by atoms with van der Waals surface area (Å²) in [6.07, 6.45) is -0.409. The van der Waals surface area contributed by atoms with E-state index in [4.69, 9.17) is 21.1 Å². The van der Waals surface area contributed by atoms with Crippen LogP contribution in [0, 0.1) is 13.8 Å². The van der Waals surface area contributed by atoms with Gasteiger partial charge in [0.05, 0.1) is 31.0 Å². The highest BCUT2D eigenvalue weighted by Crippen LogP contribution is 2.32. The van der Waals surface area contributed by atoms with Gasteiger partial charge in [-0.05, 0) is 49.6 Å². The Morgan fingerprint density at radius 3 is 2.54 bits per heavy atom. The molecule has 2 N–H and O–H groups in total. The number of hydrogen-bond donors (Lipinski definition) is 2. The summed E-state index contributed by atoms with van der Waals surface area (Å²) in [6.45, 7) is 3.84. The van der Waals surface area contributed by atoms with Crippen molar-refractivity contribution in [2.75, 3.05) is 19.5 Å². The topological polar surface area (TPSA) is 67.8 Å². The molecule has 1 amide bonds. The van der Waals surface area contributed by atoms with Crippen LogP contribution in [0.2, 0.25) is 5.02 Å². The van der Waals surface area contributed by atoms with E-state index in [9.17, 15) is 9.90 Å². The summed E-state index contributed by atoms with van der Waals surface area (Å²) in [5.74, 6) is 0.958. The van der Waals surface area contributed by atoms with E-state index in [0.717, 1.165) is 11.1 Å². The number of nitrogens with one attached hydrogen (secondary N) is 1. The van der Waals surface area contributed by atoms with Crippen LogP contribution in [-0.4, -0.2) is 25.2 Å². The van der Waals surface area contributed by atoms with Crippen molar-refractivity contribution in [2.24, 2.45) is 0 Å². The van der Waals surface area contributed by atoms with E-state index in [1.165, 1.54) is 7.11 Å². The Morgan fingerprint density at radius 2 is 1.92 bits per heavy atom. The van der Waals surface area contributed by atoms with Gasteiger partial charge in [0.15, 0.2) is 0 Å². The first kappa shape index (κ1) is 20.1. The van der Waals surface area contributed by atoms with Gasteiger partial charge >= 0.3 is 0 Å². The minimum Gasteiger partial charge on any atom is -0.497 e. The van der Waals surface area contributed by atoms with E-state index in [0.29, 0.717) is 27.8 Å². The number of carbonyl (C=O) groups is 1. The van der Waals surface area contributed by atoms with Gasteiger partial charge in [0.2, 0.25) is 5.91 Å². The Labute approximate surface area is 158 Å². The Hall–Kier alpha value is -2.24. The third-order valence-corrected chi connectivity index (χ3v) is 4.44. The van der Waals surface area contributed by atoms with Gasteiger partial charge in [-0.25, -0.2) is 0 Å². The predicted octanol–water partition coefficient (Wildman–Crippen LogP) is 4.43. The van der Waals surface area contributed by atoms with Gasteiger partial charge in [0.25, 0.3) is 0 Å². The SMILES string of the molecule is COc1ccc(C(O)CCC(=O)Nc2c(C)cc(C)cc2Cl)c(OC)c1. The maximum absolute atomic E-state index is 12.3. The predicted molar refractivity (Wildman–Crippen MR) is 103 cm³/mol. The highest BCUT2D eigenvalue weighted by molar-refractivity contribution is 6.34. The second kappa shape index (κ2) is 8.92. The molecule has 0 spiro atoms. The first-order valence-corrected chi connectivity index (χ1v) is 8.70. The summed E-state index contributed by atoms with van der Waals surface area (Å²) in [5.41, 5.74) is 3.16. The maximum atomic E-state index is 12.3. The van der Waals surface area contributed by atoms with Gasteiger partial charge < -0.3 is 19.9 Å². The Kier molecular flexibility index (Phi) is 6.89. The number of benzene rings is 2. The van der Waals surface area contributed by atoms with Crippen LogP contribution in [0.4, 0.5) is 5.69 Å². The summed E-state index contributed by atoms with van der Waals surface area (Å²) in [4.78, 5) is 12.3. The number of hydrogen-bond acceptors (Lipinski definition) is 4. The van der Waals surface area contributed by atoms with Crippen molar-refractivity contribution >= 4 is 23.2 Å². The lowest BCUT2D eigenvalue weighted by molar-refractivity contribution is -0.116. The second-order valence-corrected chi connectivity index (χ2v) is 6.56. The third-order valence-electron chi connectivity index (χ3n) is 4.14. The fraction of sp³-hybridized carbons (Fsp3) is 0.350. The number of halogens is 1. The van der Waals surface area contributed by atoms with E-state index in [2.05, 4.69) is 5.32 Å². The van der Waals surface area contributed by atoms with Gasteiger partial charge in [0, 0.05) is 18.1 Å². The average molecular weight is 378 g/mol. The van der Waals surface area contributed by atoms with Crippen molar-refractivity contribution in [3.63, 3.8) is 0 Å². The largest absolute Gasteiger partial charge is 0.497 e. The Bertz CT molecular complexity index is 768. The number of carbonyl (C=O) groups excluding carboxylic acids is 1. The van der Waals surface area contributed by atoms with Crippen LogP contribution < -0.4 is 14.8 Å². The molecule has 0 aliphatic rings. The maximum Gasteiger partial charge on any atom is 0.224 e. The highest BCUT2D eigenvalue weighted by atomic mass is 35.5. The molecule has 2 rings (SSSR count). The van der Waals surface area contributed by atoms with Crippen LogP contribution in [0.25, 0.3) is 0 Å². The smallest absolute Gasteiger partial charge is 0.224 e. The molecule has 2 aromatic rings. The zero-order chi connectivity index (χ0) is 19.3. The van der Waals surface area contributed by atoms with Crippen LogP contribution in [0.1, 0.15) is 35.6 Å². The van der Waals surface area contributed by atoms with E-state index in [-0.39, 0.29) is 18.7 Å². The van der Waals surface area contributed by atoms with Gasteiger partial charge in [-0.15, -0.1) is 0 Å². The number of aliphatic hydroxyl groups excluding tert-OH is 1. The fourth-order valence-electron chi connectivity index (χ4n) is 2.79. The minimum atomic E-state index is -0.823. The third kappa shape index (κ3) is 4.90. The molecule has 0 aromatic heterocycles. The molecular weight excluding hydrogens is 354 g/mol. The number of rotatable bonds is 7. The molecule has 1 atom stereocenters. The molecule has 0 bridgehead atoms. The molecule has 0 aliphatic carbocycles. The van der Waals surface area contributed by atoms with Crippen molar-refractivity contribution in [3.05, 3.63) is 52.0 Å². The Morgan fingerprint density at radius 1 is 1.19 bits per heavy atom. The van der Waals surface area contributed by atoms with E-state index >= 15 is 0 Å². The number of methoxy groups -OCH3 is 2. The second-order valence-electron chi connectivity index (χ2n) is 6.15. The van der Waals surface area contributed by atoms with Gasteiger partial charge in [-0.2, -0.15) is 0 Å². The summed E-state index contributed by atoms with van der Waals surface area (Å²) in [7, 11) is 3.09. The molecule has 2 aromatic carbocycles. The summed E-state index contributed by atoms with van der Waals surface area (Å²) < 4.78 is 10.4. The first-order chi connectivity index (χ1) is 12.3. The van der Waals surface area contributed by atoms with Crippen LogP contribution in [-0.2, 0) is 4.79 Å². The van der Waals surface area contributed by atoms with Crippen molar-refractivity contribution in [1.29, 1.82) is 0 Å². The molecule has 0 heterocycles. The fourth-order valence-corrected chi connectivity index (χ4v) is 3.16. The van der Waals surface area contributed by atoms with Gasteiger partial charge in [-0.3, -0.25) is 4.79 Å². The molecule has 0 saturated carbocycles. The van der Waals surface area contributed by atoms with Crippen molar-refractivity contribution < 1.29 is 19.4 Å². The lowest BCUT2D eigenvalue weighted by atomic mass is 10.0. The van der Waals surface area contributed by atoms with Crippen LogP contribution in [0.15, 0.2) is 30.3 Å². The molecule has 26 heavy (non-hydrogen) atoms. The number of aliphatic hydroxyl groups is 1. The average Bonchev–Trinajstić information content (AvgIpc) is 2.62. The minimum absolute atomic E-state index is 0.153. The molecule has 6 heteroatoms. The van der Waals surface area contributed by atoms with E-state index in [1.54, 1.807) is 31.4 Å². The number of anilines is 1. The van der Waals surface area contributed by atoms with Crippen molar-refractivity contribution in [3.8, 4) is 11.5 Å². The van der Waals surface area contributed by atoms with Crippen LogP contribution in [0.3, 0.4) is 0 Å². The zero-order valence-electron chi connectivity index (χ0n) is 15.4. The molecule has 1 unspecified atom stereocenters. The van der Waals surface area contributed by atoms with Crippen molar-refractivity contribution in [1.82, 2.24) is 0 Å². The quantitative estimate of drug-likeness (QED) is 0.749. The number of amides is 1. The molecule has 140 valence electrons. The van der Waals surface area contributed by atoms with Gasteiger partial charge in [0.1, 0.15) is 11.5 Å².